The summed E-state index contributed by atoms with van der Waals surface area (Å²) in [6, 6.07) is 0. The van der Waals surface area contributed by atoms with Gasteiger partial charge >= 0.3 is 5.97 Å². The lowest BCUT2D eigenvalue weighted by Crippen LogP contribution is -2.14. The Bertz CT molecular complexity index is 269. The van der Waals surface area contributed by atoms with E-state index in [9.17, 15) is 4.79 Å². The first-order chi connectivity index (χ1) is 12.2. The van der Waals surface area contributed by atoms with Gasteiger partial charge in [0.25, 0.3) is 0 Å². The smallest absolute Gasteiger partial charge is 0.305 e. The van der Waals surface area contributed by atoms with Crippen molar-refractivity contribution in [1.82, 2.24) is 0 Å². The molecule has 0 radical (unpaired) electrons. The maximum Gasteiger partial charge on any atom is 0.305 e. The van der Waals surface area contributed by atoms with Crippen molar-refractivity contribution >= 4 is 5.97 Å². The molecule has 0 heterocycles. The number of rotatable bonds is 19. The van der Waals surface area contributed by atoms with Crippen LogP contribution in [-0.4, -0.2) is 19.1 Å². The fourth-order valence-electron chi connectivity index (χ4n) is 3.26. The van der Waals surface area contributed by atoms with E-state index in [1.807, 2.05) is 0 Å². The number of unbranched alkanes of at least 4 members (excludes halogenated alkanes) is 10. The van der Waals surface area contributed by atoms with Gasteiger partial charge in [-0.15, -0.1) is 0 Å². The third-order valence-corrected chi connectivity index (χ3v) is 5.00. The Hall–Kier alpha value is -0.570. The summed E-state index contributed by atoms with van der Waals surface area (Å²) >= 11 is 0. The Kier molecular flexibility index (Phi) is 19.3. The van der Waals surface area contributed by atoms with E-state index in [4.69, 9.17) is 10.5 Å². The zero-order valence-corrected chi connectivity index (χ0v) is 17.2. The molecule has 0 atom stereocenters. The molecule has 3 nitrogen and oxygen atoms in total. The van der Waals surface area contributed by atoms with Crippen molar-refractivity contribution in [2.45, 2.75) is 117 Å². The van der Waals surface area contributed by atoms with E-state index in [1.54, 1.807) is 0 Å². The number of carbonyl (C=O) groups is 1. The van der Waals surface area contributed by atoms with Crippen LogP contribution < -0.4 is 5.73 Å². The van der Waals surface area contributed by atoms with Crippen LogP contribution in [0.25, 0.3) is 0 Å². The van der Waals surface area contributed by atoms with Gasteiger partial charge in [0.1, 0.15) is 0 Å². The van der Waals surface area contributed by atoms with Crippen LogP contribution >= 0.6 is 0 Å². The number of esters is 1. The van der Waals surface area contributed by atoms with Crippen molar-refractivity contribution in [2.75, 3.05) is 13.2 Å². The lowest BCUT2D eigenvalue weighted by atomic mass is 9.95. The van der Waals surface area contributed by atoms with Crippen molar-refractivity contribution in [3.63, 3.8) is 0 Å². The molecular weight excluding hydrogens is 310 g/mol. The third kappa shape index (κ3) is 18.0. The average molecular weight is 356 g/mol. The van der Waals surface area contributed by atoms with E-state index >= 15 is 0 Å². The van der Waals surface area contributed by atoms with Crippen molar-refractivity contribution in [3.8, 4) is 0 Å². The Balaban J connectivity index is 3.85. The zero-order chi connectivity index (χ0) is 18.6. The van der Waals surface area contributed by atoms with Crippen molar-refractivity contribution in [1.29, 1.82) is 0 Å². The third-order valence-electron chi connectivity index (χ3n) is 5.00. The highest BCUT2D eigenvalue weighted by molar-refractivity contribution is 5.69. The average Bonchev–Trinajstić information content (AvgIpc) is 2.62. The molecule has 0 aliphatic carbocycles. The molecule has 0 aromatic heterocycles. The minimum atomic E-state index is 0.00550. The SMILES string of the molecule is CCCCCCC(CCCCCC)COC(=O)CCCCCCCN. The van der Waals surface area contributed by atoms with Gasteiger partial charge in [0.15, 0.2) is 0 Å². The van der Waals surface area contributed by atoms with Crippen molar-refractivity contribution in [2.24, 2.45) is 11.7 Å². The topological polar surface area (TPSA) is 52.3 Å². The van der Waals surface area contributed by atoms with Crippen LogP contribution in [0.3, 0.4) is 0 Å². The minimum Gasteiger partial charge on any atom is -0.465 e. The number of hydrogen-bond donors (Lipinski definition) is 1. The highest BCUT2D eigenvalue weighted by Gasteiger charge is 2.12. The highest BCUT2D eigenvalue weighted by atomic mass is 16.5. The van der Waals surface area contributed by atoms with Crippen LogP contribution in [0.1, 0.15) is 117 Å². The van der Waals surface area contributed by atoms with Gasteiger partial charge in [-0.25, -0.2) is 0 Å². The van der Waals surface area contributed by atoms with Gasteiger partial charge in [0.05, 0.1) is 6.61 Å². The van der Waals surface area contributed by atoms with Crippen LogP contribution in [0, 0.1) is 5.92 Å². The van der Waals surface area contributed by atoms with Gasteiger partial charge < -0.3 is 10.5 Å². The highest BCUT2D eigenvalue weighted by Crippen LogP contribution is 2.19. The minimum absolute atomic E-state index is 0.00550. The second kappa shape index (κ2) is 19.8. The van der Waals surface area contributed by atoms with Gasteiger partial charge in [0.2, 0.25) is 0 Å². The van der Waals surface area contributed by atoms with Gasteiger partial charge in [-0.2, -0.15) is 0 Å². The summed E-state index contributed by atoms with van der Waals surface area (Å²) < 4.78 is 5.59. The van der Waals surface area contributed by atoms with Gasteiger partial charge in [-0.1, -0.05) is 84.5 Å². The fraction of sp³-hybridized carbons (Fsp3) is 0.955. The summed E-state index contributed by atoms with van der Waals surface area (Å²) in [5, 5.41) is 0. The van der Waals surface area contributed by atoms with E-state index in [1.165, 1.54) is 77.0 Å². The molecule has 0 aromatic rings. The first kappa shape index (κ1) is 24.4. The molecular formula is C22H45NO2. The first-order valence-electron chi connectivity index (χ1n) is 11.1. The molecule has 0 unspecified atom stereocenters. The van der Waals surface area contributed by atoms with Gasteiger partial charge in [-0.3, -0.25) is 4.79 Å². The molecule has 150 valence electrons. The quantitative estimate of drug-likeness (QED) is 0.216. The molecule has 25 heavy (non-hydrogen) atoms. The van der Waals surface area contributed by atoms with E-state index in [2.05, 4.69) is 13.8 Å². The first-order valence-corrected chi connectivity index (χ1v) is 11.1. The number of ether oxygens (including phenoxy) is 1. The van der Waals surface area contributed by atoms with E-state index < -0.39 is 0 Å². The zero-order valence-electron chi connectivity index (χ0n) is 17.2. The molecule has 0 saturated carbocycles. The summed E-state index contributed by atoms with van der Waals surface area (Å²) in [7, 11) is 0. The predicted octanol–water partition coefficient (Wildman–Crippen LogP) is 6.39. The lowest BCUT2D eigenvalue weighted by Gasteiger charge is -2.17. The standard InChI is InChI=1S/C22H45NO2/c1-3-5-7-12-16-21(17-13-8-6-4-2)20-25-22(24)18-14-10-9-11-15-19-23/h21H,3-20,23H2,1-2H3. The van der Waals surface area contributed by atoms with Crippen LogP contribution in [0.5, 0.6) is 0 Å². The summed E-state index contributed by atoms with van der Waals surface area (Å²) in [6.07, 6.45) is 19.0. The Morgan fingerprint density at radius 2 is 1.28 bits per heavy atom. The summed E-state index contributed by atoms with van der Waals surface area (Å²) in [5.74, 6) is 0.577. The van der Waals surface area contributed by atoms with Gasteiger partial charge in [-0.05, 0) is 38.1 Å². The Morgan fingerprint density at radius 3 is 1.84 bits per heavy atom. The van der Waals surface area contributed by atoms with Crippen molar-refractivity contribution in [3.05, 3.63) is 0 Å². The molecule has 0 saturated heterocycles. The van der Waals surface area contributed by atoms with Crippen molar-refractivity contribution < 1.29 is 9.53 Å². The van der Waals surface area contributed by atoms with E-state index in [0.717, 1.165) is 25.8 Å². The number of hydrogen-bond acceptors (Lipinski definition) is 3. The van der Waals surface area contributed by atoms with E-state index in [0.29, 0.717) is 18.9 Å². The molecule has 0 fully saturated rings. The number of carbonyl (C=O) groups excluding carboxylic acids is 1. The molecule has 0 amide bonds. The van der Waals surface area contributed by atoms with Crippen LogP contribution in [0.15, 0.2) is 0 Å². The molecule has 0 rings (SSSR count). The molecule has 0 bridgehead atoms. The number of nitrogens with two attached hydrogens (primary N) is 1. The molecule has 0 aromatic carbocycles. The van der Waals surface area contributed by atoms with E-state index in [-0.39, 0.29) is 5.97 Å². The van der Waals surface area contributed by atoms with Crippen LogP contribution in [-0.2, 0) is 9.53 Å². The maximum absolute atomic E-state index is 11.9. The van der Waals surface area contributed by atoms with Crippen LogP contribution in [0.2, 0.25) is 0 Å². The fourth-order valence-corrected chi connectivity index (χ4v) is 3.26. The largest absolute Gasteiger partial charge is 0.465 e. The monoisotopic (exact) mass is 355 g/mol. The molecule has 2 N–H and O–H groups in total. The summed E-state index contributed by atoms with van der Waals surface area (Å²) in [6.45, 7) is 5.92. The van der Waals surface area contributed by atoms with Crippen LogP contribution in [0.4, 0.5) is 0 Å². The van der Waals surface area contributed by atoms with Gasteiger partial charge in [0, 0.05) is 6.42 Å². The Labute approximate surface area is 157 Å². The maximum atomic E-state index is 11.9. The molecule has 0 spiro atoms. The summed E-state index contributed by atoms with van der Waals surface area (Å²) in [5.41, 5.74) is 5.49. The molecule has 0 aliphatic heterocycles. The second-order valence-electron chi connectivity index (χ2n) is 7.55. The molecule has 3 heteroatoms. The molecule has 0 aliphatic rings. The Morgan fingerprint density at radius 1 is 0.760 bits per heavy atom. The normalized spacial score (nSPS) is 11.2. The second-order valence-corrected chi connectivity index (χ2v) is 7.55. The summed E-state index contributed by atoms with van der Waals surface area (Å²) in [4.78, 5) is 11.9. The lowest BCUT2D eigenvalue weighted by molar-refractivity contribution is -0.145. The predicted molar refractivity (Wildman–Crippen MR) is 109 cm³/mol.